The van der Waals surface area contributed by atoms with E-state index in [4.69, 9.17) is 10.5 Å². The van der Waals surface area contributed by atoms with E-state index in [1.165, 1.54) is 0 Å². The van der Waals surface area contributed by atoms with Gasteiger partial charge in [-0.1, -0.05) is 24.0 Å². The van der Waals surface area contributed by atoms with Crippen LogP contribution in [0.1, 0.15) is 17.5 Å². The summed E-state index contributed by atoms with van der Waals surface area (Å²) < 4.78 is 4.84. The van der Waals surface area contributed by atoms with Crippen molar-refractivity contribution in [3.05, 3.63) is 35.4 Å². The van der Waals surface area contributed by atoms with E-state index in [2.05, 4.69) is 17.2 Å². The molecule has 3 N–H and O–H groups in total. The Morgan fingerprint density at radius 1 is 1.50 bits per heavy atom. The van der Waals surface area contributed by atoms with Crippen molar-refractivity contribution < 1.29 is 9.53 Å². The standard InChI is InChI=1S/C14H18N2O2/c1-18-9-7-14(17)16-11-13-5-2-4-12(10-13)6-3-8-15/h2,4-5,10H,7-9,11,15H2,1H3,(H,16,17). The molecule has 0 saturated heterocycles. The van der Waals surface area contributed by atoms with Crippen molar-refractivity contribution in [2.45, 2.75) is 13.0 Å². The lowest BCUT2D eigenvalue weighted by atomic mass is 10.1. The molecular weight excluding hydrogens is 228 g/mol. The molecule has 0 radical (unpaired) electrons. The van der Waals surface area contributed by atoms with Crippen LogP contribution >= 0.6 is 0 Å². The molecule has 0 aromatic heterocycles. The van der Waals surface area contributed by atoms with E-state index in [0.29, 0.717) is 26.1 Å². The number of rotatable bonds is 5. The molecule has 4 nitrogen and oxygen atoms in total. The number of nitrogens with two attached hydrogens (primary N) is 1. The maximum atomic E-state index is 11.4. The quantitative estimate of drug-likeness (QED) is 0.750. The fraction of sp³-hybridized carbons (Fsp3) is 0.357. The molecule has 0 bridgehead atoms. The fourth-order valence-electron chi connectivity index (χ4n) is 1.40. The Hall–Kier alpha value is -1.83. The number of benzene rings is 1. The average molecular weight is 246 g/mol. The first-order valence-electron chi connectivity index (χ1n) is 5.79. The van der Waals surface area contributed by atoms with Crippen molar-refractivity contribution in [2.24, 2.45) is 5.73 Å². The van der Waals surface area contributed by atoms with E-state index in [1.54, 1.807) is 7.11 Å². The second-order valence-corrected chi connectivity index (χ2v) is 3.73. The van der Waals surface area contributed by atoms with Gasteiger partial charge >= 0.3 is 0 Å². The Labute approximate surface area is 108 Å². The number of methoxy groups -OCH3 is 1. The molecule has 1 amide bonds. The topological polar surface area (TPSA) is 64.3 Å². The third-order valence-corrected chi connectivity index (χ3v) is 2.28. The molecule has 0 atom stereocenters. The van der Waals surface area contributed by atoms with Gasteiger partial charge in [-0.2, -0.15) is 0 Å². The zero-order valence-corrected chi connectivity index (χ0v) is 10.5. The van der Waals surface area contributed by atoms with Crippen LogP contribution < -0.4 is 11.1 Å². The summed E-state index contributed by atoms with van der Waals surface area (Å²) in [6.45, 7) is 1.28. The van der Waals surface area contributed by atoms with Crippen LogP contribution in [0.15, 0.2) is 24.3 Å². The highest BCUT2D eigenvalue weighted by Crippen LogP contribution is 2.03. The van der Waals surface area contributed by atoms with Crippen molar-refractivity contribution in [2.75, 3.05) is 20.3 Å². The van der Waals surface area contributed by atoms with Gasteiger partial charge in [-0.05, 0) is 17.7 Å². The number of carbonyl (C=O) groups excluding carboxylic acids is 1. The van der Waals surface area contributed by atoms with E-state index >= 15 is 0 Å². The van der Waals surface area contributed by atoms with E-state index in [1.807, 2.05) is 24.3 Å². The lowest BCUT2D eigenvalue weighted by Crippen LogP contribution is -2.23. The van der Waals surface area contributed by atoms with Crippen molar-refractivity contribution >= 4 is 5.91 Å². The van der Waals surface area contributed by atoms with Gasteiger partial charge in [0.05, 0.1) is 13.2 Å². The summed E-state index contributed by atoms with van der Waals surface area (Å²) in [6.07, 6.45) is 0.378. The molecule has 0 heterocycles. The summed E-state index contributed by atoms with van der Waals surface area (Å²) in [4.78, 5) is 11.4. The summed E-state index contributed by atoms with van der Waals surface area (Å²) in [5, 5.41) is 2.83. The first-order valence-corrected chi connectivity index (χ1v) is 5.79. The third kappa shape index (κ3) is 5.48. The predicted molar refractivity (Wildman–Crippen MR) is 70.7 cm³/mol. The van der Waals surface area contributed by atoms with Crippen LogP contribution in [0.5, 0.6) is 0 Å². The van der Waals surface area contributed by atoms with Crippen LogP contribution in [0.3, 0.4) is 0 Å². The van der Waals surface area contributed by atoms with Crippen molar-refractivity contribution in [1.82, 2.24) is 5.32 Å². The van der Waals surface area contributed by atoms with Crippen LogP contribution in [0, 0.1) is 11.8 Å². The maximum Gasteiger partial charge on any atom is 0.222 e. The summed E-state index contributed by atoms with van der Waals surface area (Å²) in [6, 6.07) is 7.72. The molecule has 0 unspecified atom stereocenters. The summed E-state index contributed by atoms with van der Waals surface area (Å²) >= 11 is 0. The minimum atomic E-state index is -0.0182. The van der Waals surface area contributed by atoms with Gasteiger partial charge < -0.3 is 15.8 Å². The molecule has 0 fully saturated rings. The van der Waals surface area contributed by atoms with Crippen LogP contribution in [0.25, 0.3) is 0 Å². The monoisotopic (exact) mass is 246 g/mol. The molecule has 0 aliphatic carbocycles. The lowest BCUT2D eigenvalue weighted by molar-refractivity contribution is -0.122. The minimum absolute atomic E-state index is 0.0182. The van der Waals surface area contributed by atoms with Crippen LogP contribution in [-0.2, 0) is 16.1 Å². The van der Waals surface area contributed by atoms with Crippen molar-refractivity contribution in [3.8, 4) is 11.8 Å². The highest BCUT2D eigenvalue weighted by Gasteiger charge is 2.00. The van der Waals surface area contributed by atoms with E-state index in [0.717, 1.165) is 11.1 Å². The van der Waals surface area contributed by atoms with E-state index in [-0.39, 0.29) is 5.91 Å². The zero-order valence-electron chi connectivity index (χ0n) is 10.5. The Kier molecular flexibility index (Phi) is 6.55. The number of amides is 1. The van der Waals surface area contributed by atoms with Gasteiger partial charge in [-0.3, -0.25) is 4.79 Å². The number of carbonyl (C=O) groups is 1. The van der Waals surface area contributed by atoms with Gasteiger partial charge in [0.2, 0.25) is 5.91 Å². The molecule has 0 saturated carbocycles. The Morgan fingerprint density at radius 2 is 2.33 bits per heavy atom. The van der Waals surface area contributed by atoms with E-state index < -0.39 is 0 Å². The number of nitrogens with one attached hydrogen (secondary N) is 1. The van der Waals surface area contributed by atoms with Gasteiger partial charge in [0.1, 0.15) is 0 Å². The summed E-state index contributed by atoms with van der Waals surface area (Å²) in [5.74, 6) is 5.74. The van der Waals surface area contributed by atoms with Crippen LogP contribution in [0.2, 0.25) is 0 Å². The smallest absolute Gasteiger partial charge is 0.222 e. The zero-order chi connectivity index (χ0) is 13.2. The Morgan fingerprint density at radius 3 is 3.06 bits per heavy atom. The highest BCUT2D eigenvalue weighted by molar-refractivity contribution is 5.75. The van der Waals surface area contributed by atoms with Crippen LogP contribution in [-0.4, -0.2) is 26.2 Å². The molecule has 0 aliphatic heterocycles. The van der Waals surface area contributed by atoms with Gasteiger partial charge in [0, 0.05) is 25.6 Å². The second kappa shape index (κ2) is 8.29. The van der Waals surface area contributed by atoms with Gasteiger partial charge in [-0.15, -0.1) is 0 Å². The molecule has 96 valence electrons. The fourth-order valence-corrected chi connectivity index (χ4v) is 1.40. The average Bonchev–Trinajstić information content (AvgIpc) is 2.41. The maximum absolute atomic E-state index is 11.4. The lowest BCUT2D eigenvalue weighted by Gasteiger charge is -2.05. The first kappa shape index (κ1) is 14.2. The molecular formula is C14H18N2O2. The SMILES string of the molecule is COCCC(=O)NCc1cccc(C#CCN)c1. The normalized spacial score (nSPS) is 9.44. The highest BCUT2D eigenvalue weighted by atomic mass is 16.5. The second-order valence-electron chi connectivity index (χ2n) is 3.73. The first-order chi connectivity index (χ1) is 8.76. The molecule has 1 rings (SSSR count). The minimum Gasteiger partial charge on any atom is -0.384 e. The summed E-state index contributed by atoms with van der Waals surface area (Å²) in [7, 11) is 1.58. The third-order valence-electron chi connectivity index (χ3n) is 2.28. The largest absolute Gasteiger partial charge is 0.384 e. The summed E-state index contributed by atoms with van der Waals surface area (Å²) in [5.41, 5.74) is 7.24. The van der Waals surface area contributed by atoms with Crippen molar-refractivity contribution in [1.29, 1.82) is 0 Å². The molecule has 18 heavy (non-hydrogen) atoms. The van der Waals surface area contributed by atoms with Gasteiger partial charge in [0.15, 0.2) is 0 Å². The van der Waals surface area contributed by atoms with E-state index in [9.17, 15) is 4.79 Å². The van der Waals surface area contributed by atoms with Crippen LogP contribution in [0.4, 0.5) is 0 Å². The Bertz CT molecular complexity index is 447. The molecule has 0 spiro atoms. The molecule has 1 aromatic rings. The van der Waals surface area contributed by atoms with Gasteiger partial charge in [0.25, 0.3) is 0 Å². The molecule has 1 aromatic carbocycles. The molecule has 4 heteroatoms. The number of hydrogen-bond acceptors (Lipinski definition) is 3. The number of hydrogen-bond donors (Lipinski definition) is 2. The molecule has 0 aliphatic rings. The number of ether oxygens (including phenoxy) is 1. The predicted octanol–water partition coefficient (Wildman–Crippen LogP) is 0.649. The van der Waals surface area contributed by atoms with Gasteiger partial charge in [-0.25, -0.2) is 0 Å². The van der Waals surface area contributed by atoms with Crippen molar-refractivity contribution in [3.63, 3.8) is 0 Å². The Balaban J connectivity index is 2.49.